The molecule has 0 aliphatic heterocycles. The molecule has 0 unspecified atom stereocenters. The minimum Gasteiger partial charge on any atom is -0.480 e. The third-order valence-electron chi connectivity index (χ3n) is 3.73. The average Bonchev–Trinajstić information content (AvgIpc) is 2.98. The normalized spacial score (nSPS) is 13.9. The highest BCUT2D eigenvalue weighted by Crippen LogP contribution is 2.22. The minimum absolute atomic E-state index is 0.395. The standard InChI is InChI=1S/C17H21N3O4S/c1-9(16(23)24)19-15(22)13(17(2,3)4)20-14(21)10-5-6-11-12(7-10)25-8-18-11/h5-9,13H,1-4H3,(H,19,22)(H,20,21)(H,23,24)/t9-,13+/m0/s1. The molecule has 7 nitrogen and oxygen atoms in total. The molecule has 2 aromatic rings. The summed E-state index contributed by atoms with van der Waals surface area (Å²) in [7, 11) is 0. The molecule has 134 valence electrons. The summed E-state index contributed by atoms with van der Waals surface area (Å²) in [4.78, 5) is 40.1. The molecule has 0 saturated carbocycles. The van der Waals surface area contributed by atoms with Crippen molar-refractivity contribution in [1.82, 2.24) is 15.6 Å². The number of rotatable bonds is 5. The molecule has 8 heteroatoms. The SMILES string of the molecule is C[C@H](NC(=O)[C@@H](NC(=O)c1ccc2ncsc2c1)C(C)(C)C)C(=O)O. The highest BCUT2D eigenvalue weighted by molar-refractivity contribution is 7.16. The maximum Gasteiger partial charge on any atom is 0.325 e. The van der Waals surface area contributed by atoms with Crippen molar-refractivity contribution in [2.75, 3.05) is 0 Å². The van der Waals surface area contributed by atoms with E-state index >= 15 is 0 Å². The van der Waals surface area contributed by atoms with Gasteiger partial charge in [-0.15, -0.1) is 11.3 Å². The second-order valence-electron chi connectivity index (χ2n) is 6.88. The molecule has 0 aliphatic carbocycles. The molecule has 0 aliphatic rings. The second-order valence-corrected chi connectivity index (χ2v) is 7.76. The van der Waals surface area contributed by atoms with Gasteiger partial charge in [0.15, 0.2) is 0 Å². The first-order valence-corrected chi connectivity index (χ1v) is 8.65. The Balaban J connectivity index is 2.19. The maximum absolute atomic E-state index is 12.6. The second kappa shape index (κ2) is 7.18. The number of nitrogens with one attached hydrogen (secondary N) is 2. The van der Waals surface area contributed by atoms with Crippen LogP contribution in [-0.2, 0) is 9.59 Å². The average molecular weight is 363 g/mol. The quantitative estimate of drug-likeness (QED) is 0.753. The fourth-order valence-corrected chi connectivity index (χ4v) is 2.96. The maximum atomic E-state index is 12.6. The fraction of sp³-hybridized carbons (Fsp3) is 0.412. The summed E-state index contributed by atoms with van der Waals surface area (Å²) in [6, 6.07) is 3.20. The first kappa shape index (κ1) is 18.9. The number of hydrogen-bond donors (Lipinski definition) is 3. The van der Waals surface area contributed by atoms with Crippen molar-refractivity contribution in [1.29, 1.82) is 0 Å². The van der Waals surface area contributed by atoms with E-state index < -0.39 is 35.3 Å². The van der Waals surface area contributed by atoms with E-state index in [4.69, 9.17) is 5.11 Å². The molecular weight excluding hydrogens is 342 g/mol. The van der Waals surface area contributed by atoms with Crippen LogP contribution in [0.4, 0.5) is 0 Å². The van der Waals surface area contributed by atoms with Crippen LogP contribution in [0.2, 0.25) is 0 Å². The zero-order chi connectivity index (χ0) is 18.8. The fourth-order valence-electron chi connectivity index (χ4n) is 2.24. The van der Waals surface area contributed by atoms with Crippen molar-refractivity contribution in [3.8, 4) is 0 Å². The lowest BCUT2D eigenvalue weighted by Crippen LogP contribution is -2.56. The number of aromatic nitrogens is 1. The number of carbonyl (C=O) groups excluding carboxylic acids is 2. The van der Waals surface area contributed by atoms with Crippen LogP contribution in [-0.4, -0.2) is 40.0 Å². The molecule has 2 amide bonds. The van der Waals surface area contributed by atoms with Gasteiger partial charge >= 0.3 is 5.97 Å². The van der Waals surface area contributed by atoms with Gasteiger partial charge < -0.3 is 15.7 Å². The molecule has 1 aromatic heterocycles. The molecule has 2 rings (SSSR count). The Labute approximate surface area is 149 Å². The van der Waals surface area contributed by atoms with Gasteiger partial charge in [0.2, 0.25) is 5.91 Å². The van der Waals surface area contributed by atoms with Gasteiger partial charge in [0, 0.05) is 5.56 Å². The summed E-state index contributed by atoms with van der Waals surface area (Å²) in [6.07, 6.45) is 0. The molecular formula is C17H21N3O4S. The zero-order valence-electron chi connectivity index (χ0n) is 14.5. The topological polar surface area (TPSA) is 108 Å². The van der Waals surface area contributed by atoms with E-state index in [1.807, 2.05) is 0 Å². The first-order chi connectivity index (χ1) is 11.6. The lowest BCUT2D eigenvalue weighted by atomic mass is 9.85. The molecule has 0 radical (unpaired) electrons. The zero-order valence-corrected chi connectivity index (χ0v) is 15.3. The highest BCUT2D eigenvalue weighted by atomic mass is 32.1. The Bertz CT molecular complexity index is 810. The van der Waals surface area contributed by atoms with Crippen molar-refractivity contribution >= 4 is 39.3 Å². The van der Waals surface area contributed by atoms with Crippen LogP contribution in [0.5, 0.6) is 0 Å². The van der Waals surface area contributed by atoms with Gasteiger partial charge in [0.05, 0.1) is 15.7 Å². The number of aliphatic carboxylic acids is 1. The van der Waals surface area contributed by atoms with Crippen LogP contribution in [0.15, 0.2) is 23.7 Å². The number of thiazole rings is 1. The number of benzene rings is 1. The van der Waals surface area contributed by atoms with Crippen molar-refractivity contribution in [3.63, 3.8) is 0 Å². The third kappa shape index (κ3) is 4.54. The molecule has 0 saturated heterocycles. The predicted molar refractivity (Wildman–Crippen MR) is 95.6 cm³/mol. The monoisotopic (exact) mass is 363 g/mol. The van der Waals surface area contributed by atoms with E-state index in [2.05, 4.69) is 15.6 Å². The molecule has 25 heavy (non-hydrogen) atoms. The Kier molecular flexibility index (Phi) is 5.42. The van der Waals surface area contributed by atoms with Gasteiger partial charge in [0.25, 0.3) is 5.91 Å². The molecule has 1 heterocycles. The largest absolute Gasteiger partial charge is 0.480 e. The minimum atomic E-state index is -1.14. The number of carboxylic acids is 1. The van der Waals surface area contributed by atoms with E-state index in [0.29, 0.717) is 5.56 Å². The number of amides is 2. The summed E-state index contributed by atoms with van der Waals surface area (Å²) in [5, 5.41) is 14.1. The Morgan fingerprint density at radius 2 is 1.88 bits per heavy atom. The van der Waals surface area contributed by atoms with E-state index in [1.54, 1.807) is 44.5 Å². The van der Waals surface area contributed by atoms with Crippen molar-refractivity contribution in [2.24, 2.45) is 5.41 Å². The van der Waals surface area contributed by atoms with Crippen molar-refractivity contribution < 1.29 is 19.5 Å². The van der Waals surface area contributed by atoms with Crippen LogP contribution in [0.1, 0.15) is 38.1 Å². The number of carboxylic acid groups (broad SMARTS) is 1. The Hall–Kier alpha value is -2.48. The Morgan fingerprint density at radius 1 is 1.20 bits per heavy atom. The molecule has 0 bridgehead atoms. The van der Waals surface area contributed by atoms with E-state index in [1.165, 1.54) is 18.3 Å². The highest BCUT2D eigenvalue weighted by Gasteiger charge is 2.34. The van der Waals surface area contributed by atoms with Gasteiger partial charge in [-0.2, -0.15) is 0 Å². The molecule has 2 atom stereocenters. The summed E-state index contributed by atoms with van der Waals surface area (Å²) in [6.45, 7) is 6.78. The van der Waals surface area contributed by atoms with E-state index in [-0.39, 0.29) is 0 Å². The summed E-state index contributed by atoms with van der Waals surface area (Å²) < 4.78 is 0.879. The lowest BCUT2D eigenvalue weighted by molar-refractivity contribution is -0.142. The molecule has 0 fully saturated rings. The smallest absolute Gasteiger partial charge is 0.325 e. The summed E-state index contributed by atoms with van der Waals surface area (Å²) in [5.41, 5.74) is 2.34. The van der Waals surface area contributed by atoms with Gasteiger partial charge in [0.1, 0.15) is 12.1 Å². The van der Waals surface area contributed by atoms with E-state index in [9.17, 15) is 14.4 Å². The molecule has 3 N–H and O–H groups in total. The molecule has 1 aromatic carbocycles. The van der Waals surface area contributed by atoms with Gasteiger partial charge in [-0.05, 0) is 30.5 Å². The van der Waals surface area contributed by atoms with Crippen LogP contribution in [0, 0.1) is 5.41 Å². The third-order valence-corrected chi connectivity index (χ3v) is 4.52. The van der Waals surface area contributed by atoms with Gasteiger partial charge in [-0.1, -0.05) is 20.8 Å². The van der Waals surface area contributed by atoms with Crippen LogP contribution in [0.3, 0.4) is 0 Å². The first-order valence-electron chi connectivity index (χ1n) is 7.77. The lowest BCUT2D eigenvalue weighted by Gasteiger charge is -2.31. The van der Waals surface area contributed by atoms with Gasteiger partial charge in [-0.25, -0.2) is 4.98 Å². The molecule has 0 spiro atoms. The van der Waals surface area contributed by atoms with Gasteiger partial charge in [-0.3, -0.25) is 14.4 Å². The van der Waals surface area contributed by atoms with Crippen molar-refractivity contribution in [2.45, 2.75) is 39.8 Å². The van der Waals surface area contributed by atoms with Crippen LogP contribution < -0.4 is 10.6 Å². The number of carbonyl (C=O) groups is 3. The summed E-state index contributed by atoms with van der Waals surface area (Å²) in [5.74, 6) is -2.06. The Morgan fingerprint density at radius 3 is 2.48 bits per heavy atom. The van der Waals surface area contributed by atoms with Crippen LogP contribution in [0.25, 0.3) is 10.2 Å². The van der Waals surface area contributed by atoms with Crippen molar-refractivity contribution in [3.05, 3.63) is 29.3 Å². The number of hydrogen-bond acceptors (Lipinski definition) is 5. The van der Waals surface area contributed by atoms with Crippen LogP contribution >= 0.6 is 11.3 Å². The van der Waals surface area contributed by atoms with E-state index in [0.717, 1.165) is 10.2 Å². The predicted octanol–water partition coefficient (Wildman–Crippen LogP) is 2.03. The number of fused-ring (bicyclic) bond motifs is 1. The summed E-state index contributed by atoms with van der Waals surface area (Å²) >= 11 is 1.43. The number of nitrogens with zero attached hydrogens (tertiary/aromatic N) is 1.